The molecule has 1 saturated heterocycles. The molecule has 1 aromatic heterocycles. The molecule has 0 saturated carbocycles. The number of ether oxygens (including phenoxy) is 1. The predicted molar refractivity (Wildman–Crippen MR) is 150 cm³/mol. The van der Waals surface area contributed by atoms with Gasteiger partial charge in [-0.25, -0.2) is 14.2 Å². The number of benzene rings is 2. The van der Waals surface area contributed by atoms with Crippen LogP contribution in [0.1, 0.15) is 44.6 Å². The molecule has 1 fully saturated rings. The minimum absolute atomic E-state index is 0.241. The maximum absolute atomic E-state index is 12.8. The molecule has 0 amide bonds. The highest BCUT2D eigenvalue weighted by Gasteiger charge is 2.52. The van der Waals surface area contributed by atoms with Crippen molar-refractivity contribution < 1.29 is 51.6 Å². The Balaban J connectivity index is 0.000000239. The number of aromatic nitrogens is 1. The number of hydrogen-bond donors (Lipinski definition) is 3. The zero-order valence-electron chi connectivity index (χ0n) is 23.9. The van der Waals surface area contributed by atoms with E-state index in [1.807, 2.05) is 58.0 Å². The Kier molecular flexibility index (Phi) is 12.3. The molecule has 14 heteroatoms. The SMILES string of the molecule is Cc1cc(B2OC(C)(C)C(C)(C)O2)cc(C(F)(F)F)n1.O=C(O)COCc1ccccc1.OB(O)c1ccc(F)cc1. The van der Waals surface area contributed by atoms with Crippen LogP contribution in [0.15, 0.2) is 66.7 Å². The van der Waals surface area contributed by atoms with E-state index in [2.05, 4.69) is 4.98 Å². The molecule has 4 rings (SSSR count). The quantitative estimate of drug-likeness (QED) is 0.294. The lowest BCUT2D eigenvalue weighted by atomic mass is 9.79. The largest absolute Gasteiger partial charge is 0.494 e. The van der Waals surface area contributed by atoms with Gasteiger partial charge in [-0.1, -0.05) is 42.5 Å². The predicted octanol–water partition coefficient (Wildman–Crippen LogP) is 3.50. The Morgan fingerprint density at radius 1 is 0.976 bits per heavy atom. The van der Waals surface area contributed by atoms with E-state index < -0.39 is 43.3 Å². The molecule has 0 bridgehead atoms. The number of carboxylic acid groups (broad SMARTS) is 1. The van der Waals surface area contributed by atoms with Crippen molar-refractivity contribution >= 4 is 31.1 Å². The van der Waals surface area contributed by atoms with E-state index in [-0.39, 0.29) is 18.1 Å². The Bertz CT molecular complexity index is 1280. The van der Waals surface area contributed by atoms with Crippen LogP contribution < -0.4 is 10.9 Å². The van der Waals surface area contributed by atoms with E-state index >= 15 is 0 Å². The number of alkyl halides is 3. The third-order valence-electron chi connectivity index (χ3n) is 6.30. The summed E-state index contributed by atoms with van der Waals surface area (Å²) < 4.78 is 67.0. The molecule has 0 unspecified atom stereocenters. The minimum atomic E-state index is -4.48. The average molecular weight is 593 g/mol. The first-order chi connectivity index (χ1) is 19.4. The standard InChI is InChI=1S/C13H17BF3NO2.C9H10O3.C6H6BFO2/c1-8-6-9(7-10(18-8)13(15,16)17)14-19-11(2,3)12(4,5)20-14;10-9(11)7-12-6-8-4-2-1-3-5-8;8-6-3-1-5(2-4-6)7(9)10/h6-7H,1-5H3;1-5H,6-7H2,(H,10,11);1-4,9-10H. The van der Waals surface area contributed by atoms with Gasteiger partial charge >= 0.3 is 26.4 Å². The molecule has 3 aromatic rings. The van der Waals surface area contributed by atoms with Crippen molar-refractivity contribution in [3.63, 3.8) is 0 Å². The molecule has 1 aliphatic heterocycles. The minimum Gasteiger partial charge on any atom is -0.480 e. The van der Waals surface area contributed by atoms with Crippen molar-refractivity contribution in [3.05, 3.63) is 89.5 Å². The summed E-state index contributed by atoms with van der Waals surface area (Å²) in [4.78, 5) is 13.6. The van der Waals surface area contributed by atoms with Crippen molar-refractivity contribution in [1.82, 2.24) is 4.98 Å². The van der Waals surface area contributed by atoms with Gasteiger partial charge in [0.1, 0.15) is 18.1 Å². The van der Waals surface area contributed by atoms with Crippen LogP contribution in [0.3, 0.4) is 0 Å². The third kappa shape index (κ3) is 10.8. The molecular formula is C28H33B2F4NO7. The molecule has 226 valence electrons. The summed E-state index contributed by atoms with van der Waals surface area (Å²) in [5.41, 5.74) is -0.212. The fourth-order valence-corrected chi connectivity index (χ4v) is 3.42. The highest BCUT2D eigenvalue weighted by Crippen LogP contribution is 2.37. The molecule has 0 aliphatic carbocycles. The van der Waals surface area contributed by atoms with Crippen LogP contribution in [-0.2, 0) is 31.6 Å². The van der Waals surface area contributed by atoms with Gasteiger partial charge in [0.15, 0.2) is 0 Å². The highest BCUT2D eigenvalue weighted by molar-refractivity contribution is 6.62. The van der Waals surface area contributed by atoms with Crippen molar-refractivity contribution in [2.75, 3.05) is 6.61 Å². The van der Waals surface area contributed by atoms with Gasteiger partial charge in [-0.2, -0.15) is 13.2 Å². The maximum atomic E-state index is 12.8. The first kappa shape index (κ1) is 34.9. The average Bonchev–Trinajstić information content (AvgIpc) is 3.11. The van der Waals surface area contributed by atoms with Crippen molar-refractivity contribution in [1.29, 1.82) is 0 Å². The summed E-state index contributed by atoms with van der Waals surface area (Å²) in [6.45, 7) is 9.04. The molecule has 8 nitrogen and oxygen atoms in total. The van der Waals surface area contributed by atoms with Gasteiger partial charge in [-0.3, -0.25) is 0 Å². The number of nitrogens with zero attached hydrogens (tertiary/aromatic N) is 1. The van der Waals surface area contributed by atoms with Crippen molar-refractivity contribution in [2.24, 2.45) is 0 Å². The van der Waals surface area contributed by atoms with Crippen LogP contribution in [0.25, 0.3) is 0 Å². The molecule has 2 heterocycles. The lowest BCUT2D eigenvalue weighted by molar-refractivity contribution is -0.143. The molecule has 2 aromatic carbocycles. The van der Waals surface area contributed by atoms with E-state index in [0.717, 1.165) is 11.6 Å². The first-order valence-electron chi connectivity index (χ1n) is 12.8. The Morgan fingerprint density at radius 3 is 2.00 bits per heavy atom. The summed E-state index contributed by atoms with van der Waals surface area (Å²) in [5, 5.41) is 25.4. The van der Waals surface area contributed by atoms with Gasteiger partial charge < -0.3 is 29.2 Å². The third-order valence-corrected chi connectivity index (χ3v) is 6.30. The second-order valence-electron chi connectivity index (χ2n) is 10.3. The zero-order valence-corrected chi connectivity index (χ0v) is 23.9. The molecule has 0 radical (unpaired) electrons. The van der Waals surface area contributed by atoms with Crippen LogP contribution >= 0.6 is 0 Å². The van der Waals surface area contributed by atoms with Gasteiger partial charge in [0.2, 0.25) is 0 Å². The second-order valence-corrected chi connectivity index (χ2v) is 10.3. The molecule has 0 spiro atoms. The summed E-state index contributed by atoms with van der Waals surface area (Å²) >= 11 is 0. The van der Waals surface area contributed by atoms with E-state index in [4.69, 9.17) is 29.2 Å². The summed E-state index contributed by atoms with van der Waals surface area (Å²) in [7, 11) is -2.33. The van der Waals surface area contributed by atoms with Crippen LogP contribution in [0.2, 0.25) is 0 Å². The summed E-state index contributed by atoms with van der Waals surface area (Å²) in [6.07, 6.45) is -4.48. The smallest absolute Gasteiger partial charge is 0.480 e. The van der Waals surface area contributed by atoms with Crippen molar-refractivity contribution in [2.45, 2.75) is 58.6 Å². The fourth-order valence-electron chi connectivity index (χ4n) is 3.42. The Hall–Kier alpha value is -3.29. The lowest BCUT2D eigenvalue weighted by Gasteiger charge is -2.32. The number of pyridine rings is 1. The zero-order chi connectivity index (χ0) is 31.7. The van der Waals surface area contributed by atoms with Gasteiger partial charge in [-0.15, -0.1) is 0 Å². The van der Waals surface area contributed by atoms with E-state index in [0.29, 0.717) is 17.5 Å². The van der Waals surface area contributed by atoms with Gasteiger partial charge in [-0.05, 0) is 75.4 Å². The van der Waals surface area contributed by atoms with Crippen LogP contribution in [0.4, 0.5) is 17.6 Å². The van der Waals surface area contributed by atoms with Gasteiger partial charge in [0, 0.05) is 5.69 Å². The molecule has 3 N–H and O–H groups in total. The number of aryl methyl sites for hydroxylation is 1. The van der Waals surface area contributed by atoms with Crippen LogP contribution in [0.5, 0.6) is 0 Å². The first-order valence-corrected chi connectivity index (χ1v) is 12.8. The monoisotopic (exact) mass is 593 g/mol. The fraction of sp³-hybridized carbons (Fsp3) is 0.357. The number of hydrogen-bond acceptors (Lipinski definition) is 7. The molecular weight excluding hydrogens is 560 g/mol. The number of aliphatic carboxylic acids is 1. The maximum Gasteiger partial charge on any atom is 0.494 e. The second kappa shape index (κ2) is 14.7. The molecule has 42 heavy (non-hydrogen) atoms. The number of carboxylic acids is 1. The Morgan fingerprint density at radius 2 is 1.52 bits per heavy atom. The summed E-state index contributed by atoms with van der Waals surface area (Å²) in [6, 6.07) is 17.0. The van der Waals surface area contributed by atoms with E-state index in [1.165, 1.54) is 31.2 Å². The van der Waals surface area contributed by atoms with E-state index in [1.54, 1.807) is 6.07 Å². The Labute approximate surface area is 242 Å². The summed E-state index contributed by atoms with van der Waals surface area (Å²) in [5.74, 6) is -1.32. The number of halogens is 4. The van der Waals surface area contributed by atoms with E-state index in [9.17, 15) is 22.4 Å². The highest BCUT2D eigenvalue weighted by atomic mass is 19.4. The van der Waals surface area contributed by atoms with Gasteiger partial charge in [0.05, 0.1) is 17.8 Å². The normalized spacial score (nSPS) is 15.2. The van der Waals surface area contributed by atoms with Crippen LogP contribution in [-0.4, -0.2) is 58.2 Å². The van der Waals surface area contributed by atoms with Crippen LogP contribution in [0, 0.1) is 12.7 Å². The number of rotatable bonds is 6. The van der Waals surface area contributed by atoms with Crippen molar-refractivity contribution in [3.8, 4) is 0 Å². The molecule has 1 aliphatic rings. The number of carbonyl (C=O) groups is 1. The topological polar surface area (TPSA) is 118 Å². The molecule has 0 atom stereocenters. The lowest BCUT2D eigenvalue weighted by Crippen LogP contribution is -2.41. The van der Waals surface area contributed by atoms with Gasteiger partial charge in [0.25, 0.3) is 0 Å².